The lowest BCUT2D eigenvalue weighted by molar-refractivity contribution is 1.17. The standard InChI is InChI=1S/C59H39N7/c1-6-16-40(17-7-1)49-34-56(62-57(35-49)51-33-31-48(39-61-51)59-65-53(43-20-10-3-11-21-43)36-54(66-59)44-22-12-4-13-23-44)50-32-30-47(38-60-50)41-26-28-45(29-27-41)55-37-52(42-18-8-2-9-19-42)63-58(64-55)46-24-14-5-15-25-46/h1-39H. The average molecular weight is 846 g/mol. The quantitative estimate of drug-likeness (QED) is 0.135. The van der Waals surface area contributed by atoms with Gasteiger partial charge in [-0.3, -0.25) is 9.97 Å². The molecule has 0 atom stereocenters. The van der Waals surface area contributed by atoms with E-state index >= 15 is 0 Å². The minimum Gasteiger partial charge on any atom is -0.254 e. The van der Waals surface area contributed by atoms with Gasteiger partial charge < -0.3 is 0 Å². The third kappa shape index (κ3) is 8.52. The van der Waals surface area contributed by atoms with Crippen LogP contribution in [0.25, 0.3) is 113 Å². The maximum Gasteiger partial charge on any atom is 0.161 e. The smallest absolute Gasteiger partial charge is 0.161 e. The zero-order valence-electron chi connectivity index (χ0n) is 35.6. The number of hydrogen-bond donors (Lipinski definition) is 0. The molecule has 11 rings (SSSR count). The number of nitrogens with zero attached hydrogens (tertiary/aromatic N) is 7. The van der Waals surface area contributed by atoms with Crippen LogP contribution in [-0.4, -0.2) is 34.9 Å². The maximum absolute atomic E-state index is 5.15. The Morgan fingerprint density at radius 3 is 0.909 bits per heavy atom. The van der Waals surface area contributed by atoms with E-state index in [-0.39, 0.29) is 0 Å². The molecule has 7 nitrogen and oxygen atoms in total. The minimum absolute atomic E-state index is 0.600. The highest BCUT2D eigenvalue weighted by Crippen LogP contribution is 2.33. The molecule has 0 aliphatic rings. The lowest BCUT2D eigenvalue weighted by Crippen LogP contribution is -1.97. The molecule has 0 saturated heterocycles. The topological polar surface area (TPSA) is 90.2 Å². The van der Waals surface area contributed by atoms with Crippen LogP contribution in [0.15, 0.2) is 237 Å². The van der Waals surface area contributed by atoms with Crippen LogP contribution in [0.4, 0.5) is 0 Å². The summed E-state index contributed by atoms with van der Waals surface area (Å²) in [6, 6.07) is 75.9. The van der Waals surface area contributed by atoms with Crippen LogP contribution in [0.3, 0.4) is 0 Å². The predicted molar refractivity (Wildman–Crippen MR) is 265 cm³/mol. The molecule has 0 N–H and O–H groups in total. The highest BCUT2D eigenvalue weighted by molar-refractivity contribution is 5.78. The van der Waals surface area contributed by atoms with Crippen LogP contribution in [0, 0.1) is 0 Å². The van der Waals surface area contributed by atoms with E-state index < -0.39 is 0 Å². The average Bonchev–Trinajstić information content (AvgIpc) is 3.42. The minimum atomic E-state index is 0.600. The Morgan fingerprint density at radius 2 is 0.500 bits per heavy atom. The van der Waals surface area contributed by atoms with Crippen molar-refractivity contribution in [3.8, 4) is 113 Å². The predicted octanol–water partition coefficient (Wildman–Crippen LogP) is 14.1. The van der Waals surface area contributed by atoms with Gasteiger partial charge >= 0.3 is 0 Å². The molecule has 0 unspecified atom stereocenters. The van der Waals surface area contributed by atoms with Gasteiger partial charge in [0.15, 0.2) is 11.6 Å². The van der Waals surface area contributed by atoms with Crippen molar-refractivity contribution >= 4 is 0 Å². The molecule has 0 bridgehead atoms. The number of hydrogen-bond acceptors (Lipinski definition) is 7. The first-order valence-corrected chi connectivity index (χ1v) is 21.8. The van der Waals surface area contributed by atoms with Gasteiger partial charge in [0.25, 0.3) is 0 Å². The second kappa shape index (κ2) is 18.0. The van der Waals surface area contributed by atoms with Gasteiger partial charge in [0.05, 0.1) is 45.6 Å². The molecular formula is C59H39N7. The van der Waals surface area contributed by atoms with Gasteiger partial charge in [-0.2, -0.15) is 0 Å². The molecule has 6 aromatic carbocycles. The lowest BCUT2D eigenvalue weighted by Gasteiger charge is -2.11. The van der Waals surface area contributed by atoms with Crippen molar-refractivity contribution < 1.29 is 0 Å². The summed E-state index contributed by atoms with van der Waals surface area (Å²) in [5.74, 6) is 1.29. The van der Waals surface area contributed by atoms with E-state index in [2.05, 4.69) is 97.1 Å². The molecule has 0 spiro atoms. The Kier molecular flexibility index (Phi) is 10.8. The maximum atomic E-state index is 5.15. The van der Waals surface area contributed by atoms with E-state index in [9.17, 15) is 0 Å². The summed E-state index contributed by atoms with van der Waals surface area (Å²) in [6.45, 7) is 0. The first-order chi connectivity index (χ1) is 32.7. The van der Waals surface area contributed by atoms with E-state index in [1.165, 1.54) is 0 Å². The Balaban J connectivity index is 0.899. The Bertz CT molecular complexity index is 3290. The highest BCUT2D eigenvalue weighted by atomic mass is 14.9. The summed E-state index contributed by atoms with van der Waals surface area (Å²) in [6.07, 6.45) is 3.74. The fourth-order valence-electron chi connectivity index (χ4n) is 7.98. The molecule has 5 heterocycles. The summed E-state index contributed by atoms with van der Waals surface area (Å²) in [7, 11) is 0. The van der Waals surface area contributed by atoms with Crippen LogP contribution in [0.5, 0.6) is 0 Å². The van der Waals surface area contributed by atoms with Crippen molar-refractivity contribution in [1.82, 2.24) is 34.9 Å². The first-order valence-electron chi connectivity index (χ1n) is 21.8. The number of benzene rings is 6. The Hall–Kier alpha value is -9.07. The number of rotatable bonds is 10. The van der Waals surface area contributed by atoms with Crippen LogP contribution in [-0.2, 0) is 0 Å². The monoisotopic (exact) mass is 845 g/mol. The van der Waals surface area contributed by atoms with Crippen LogP contribution in [0.1, 0.15) is 0 Å². The van der Waals surface area contributed by atoms with Gasteiger partial charge in [-0.1, -0.05) is 182 Å². The lowest BCUT2D eigenvalue weighted by atomic mass is 10.0. The SMILES string of the molecule is c1ccc(-c2cc(-c3ccc(-c4ccc(-c5cc(-c6ccccc6)nc(-c6ccccc6)n5)cc4)cn3)nc(-c3ccc(-c4nc(-c5ccccc5)cc(-c5ccccc5)n4)cn3)c2)cc1. The molecule has 11 aromatic rings. The molecule has 0 aliphatic carbocycles. The van der Waals surface area contributed by atoms with Crippen molar-refractivity contribution in [3.63, 3.8) is 0 Å². The van der Waals surface area contributed by atoms with E-state index in [0.29, 0.717) is 11.6 Å². The van der Waals surface area contributed by atoms with E-state index in [1.807, 2.05) is 140 Å². The van der Waals surface area contributed by atoms with Crippen molar-refractivity contribution in [2.75, 3.05) is 0 Å². The number of aromatic nitrogens is 7. The van der Waals surface area contributed by atoms with Gasteiger partial charge in [0, 0.05) is 51.3 Å². The Morgan fingerprint density at radius 1 is 0.182 bits per heavy atom. The zero-order chi connectivity index (χ0) is 44.1. The molecular weight excluding hydrogens is 807 g/mol. The van der Waals surface area contributed by atoms with E-state index in [1.54, 1.807) is 0 Å². The molecule has 0 fully saturated rings. The first kappa shape index (κ1) is 39.8. The second-order valence-corrected chi connectivity index (χ2v) is 15.8. The van der Waals surface area contributed by atoms with Gasteiger partial charge in [-0.05, 0) is 59.2 Å². The fourth-order valence-corrected chi connectivity index (χ4v) is 7.98. The Labute approximate surface area is 383 Å². The summed E-state index contributed by atoms with van der Waals surface area (Å²) in [4.78, 5) is 35.0. The van der Waals surface area contributed by atoms with Crippen molar-refractivity contribution in [2.45, 2.75) is 0 Å². The largest absolute Gasteiger partial charge is 0.254 e. The van der Waals surface area contributed by atoms with Crippen molar-refractivity contribution in [3.05, 3.63) is 237 Å². The third-order valence-electron chi connectivity index (χ3n) is 11.4. The molecule has 0 saturated carbocycles. The van der Waals surface area contributed by atoms with E-state index in [0.717, 1.165) is 101 Å². The van der Waals surface area contributed by atoms with Crippen LogP contribution >= 0.6 is 0 Å². The third-order valence-corrected chi connectivity index (χ3v) is 11.4. The van der Waals surface area contributed by atoms with Crippen LogP contribution in [0.2, 0.25) is 0 Å². The molecule has 0 aliphatic heterocycles. The van der Waals surface area contributed by atoms with Crippen molar-refractivity contribution in [2.24, 2.45) is 0 Å². The fraction of sp³-hybridized carbons (Fsp3) is 0. The summed E-state index contributed by atoms with van der Waals surface area (Å²) in [5, 5.41) is 0. The summed E-state index contributed by atoms with van der Waals surface area (Å²) >= 11 is 0. The highest BCUT2D eigenvalue weighted by Gasteiger charge is 2.15. The van der Waals surface area contributed by atoms with Gasteiger partial charge in [-0.25, -0.2) is 24.9 Å². The summed E-state index contributed by atoms with van der Waals surface area (Å²) < 4.78 is 0. The molecule has 5 aromatic heterocycles. The second-order valence-electron chi connectivity index (χ2n) is 15.8. The van der Waals surface area contributed by atoms with Gasteiger partial charge in [0.1, 0.15) is 0 Å². The van der Waals surface area contributed by atoms with Gasteiger partial charge in [-0.15, -0.1) is 0 Å². The molecule has 310 valence electrons. The summed E-state index contributed by atoms with van der Waals surface area (Å²) in [5.41, 5.74) is 16.4. The zero-order valence-corrected chi connectivity index (χ0v) is 35.6. The molecule has 0 radical (unpaired) electrons. The normalized spacial score (nSPS) is 11.0. The molecule has 7 heteroatoms. The van der Waals surface area contributed by atoms with E-state index in [4.69, 9.17) is 34.9 Å². The van der Waals surface area contributed by atoms with Crippen LogP contribution < -0.4 is 0 Å². The molecule has 0 amide bonds. The number of pyridine rings is 3. The van der Waals surface area contributed by atoms with Crippen molar-refractivity contribution in [1.29, 1.82) is 0 Å². The van der Waals surface area contributed by atoms with Gasteiger partial charge in [0.2, 0.25) is 0 Å². The molecule has 66 heavy (non-hydrogen) atoms.